The number of hydrogen-bond acceptors (Lipinski definition) is 2. The summed E-state index contributed by atoms with van der Waals surface area (Å²) >= 11 is 0. The number of ether oxygens (including phenoxy) is 1. The molecular formula is C13H18FNO2. The number of rotatable bonds is 6. The Morgan fingerprint density at radius 3 is 2.82 bits per heavy atom. The fourth-order valence-electron chi connectivity index (χ4n) is 1.35. The van der Waals surface area contributed by atoms with Gasteiger partial charge in [-0.2, -0.15) is 0 Å². The summed E-state index contributed by atoms with van der Waals surface area (Å²) in [6.45, 7) is 4.20. The van der Waals surface area contributed by atoms with Crippen LogP contribution in [0.4, 0.5) is 4.39 Å². The second-order valence-electron chi connectivity index (χ2n) is 3.76. The van der Waals surface area contributed by atoms with Gasteiger partial charge in [0.2, 0.25) is 5.91 Å². The van der Waals surface area contributed by atoms with Gasteiger partial charge in [0.15, 0.2) is 0 Å². The highest BCUT2D eigenvalue weighted by Crippen LogP contribution is 2.14. The molecule has 0 fully saturated rings. The maximum Gasteiger partial charge on any atom is 0.219 e. The Bertz CT molecular complexity index is 368. The van der Waals surface area contributed by atoms with Crippen molar-refractivity contribution in [3.8, 4) is 5.75 Å². The smallest absolute Gasteiger partial charge is 0.219 e. The molecule has 0 saturated carbocycles. The molecule has 1 aromatic carbocycles. The van der Waals surface area contributed by atoms with Crippen LogP contribution in [0.15, 0.2) is 24.3 Å². The number of halogens is 1. The van der Waals surface area contributed by atoms with Crippen molar-refractivity contribution in [2.45, 2.75) is 32.8 Å². The number of amides is 1. The van der Waals surface area contributed by atoms with Crippen molar-refractivity contribution in [2.24, 2.45) is 0 Å². The summed E-state index contributed by atoms with van der Waals surface area (Å²) < 4.78 is 18.5. The van der Waals surface area contributed by atoms with Gasteiger partial charge in [0.1, 0.15) is 17.7 Å². The maximum absolute atomic E-state index is 12.9. The van der Waals surface area contributed by atoms with Crippen LogP contribution in [0, 0.1) is 5.82 Å². The Labute approximate surface area is 101 Å². The zero-order valence-electron chi connectivity index (χ0n) is 10.2. The quantitative estimate of drug-likeness (QED) is 0.828. The van der Waals surface area contributed by atoms with E-state index in [9.17, 15) is 9.18 Å². The predicted octanol–water partition coefficient (Wildman–Crippen LogP) is 2.51. The highest BCUT2D eigenvalue weighted by molar-refractivity contribution is 5.75. The van der Waals surface area contributed by atoms with Crippen LogP contribution in [-0.4, -0.2) is 18.6 Å². The lowest BCUT2D eigenvalue weighted by Gasteiger charge is -2.18. The molecule has 1 aromatic rings. The third-order valence-corrected chi connectivity index (χ3v) is 2.40. The second-order valence-corrected chi connectivity index (χ2v) is 3.76. The Balaban J connectivity index is 2.49. The lowest BCUT2D eigenvalue weighted by molar-refractivity contribution is -0.121. The van der Waals surface area contributed by atoms with Crippen LogP contribution < -0.4 is 10.1 Å². The molecule has 17 heavy (non-hydrogen) atoms. The van der Waals surface area contributed by atoms with E-state index in [1.54, 1.807) is 19.1 Å². The number of nitrogens with one attached hydrogen (secondary N) is 1. The standard InChI is InChI=1S/C13H18FNO2/c1-3-11(9-15-13(16)4-2)17-12-7-5-6-10(14)8-12/h5-8,11H,3-4,9H2,1-2H3,(H,15,16). The highest BCUT2D eigenvalue weighted by Gasteiger charge is 2.09. The van der Waals surface area contributed by atoms with Gasteiger partial charge < -0.3 is 10.1 Å². The SMILES string of the molecule is CCC(=O)NCC(CC)Oc1cccc(F)c1. The molecule has 0 spiro atoms. The van der Waals surface area contributed by atoms with E-state index in [4.69, 9.17) is 4.74 Å². The van der Waals surface area contributed by atoms with Gasteiger partial charge in [0.25, 0.3) is 0 Å². The molecular weight excluding hydrogens is 221 g/mol. The van der Waals surface area contributed by atoms with Gasteiger partial charge in [-0.3, -0.25) is 4.79 Å². The average molecular weight is 239 g/mol. The molecule has 3 nitrogen and oxygen atoms in total. The predicted molar refractivity (Wildman–Crippen MR) is 64.4 cm³/mol. The van der Waals surface area contributed by atoms with Gasteiger partial charge in [0, 0.05) is 12.5 Å². The van der Waals surface area contributed by atoms with Crippen molar-refractivity contribution in [3.63, 3.8) is 0 Å². The van der Waals surface area contributed by atoms with E-state index in [1.165, 1.54) is 12.1 Å². The van der Waals surface area contributed by atoms with E-state index < -0.39 is 0 Å². The normalized spacial score (nSPS) is 11.9. The minimum absolute atomic E-state index is 0.00806. The zero-order valence-corrected chi connectivity index (χ0v) is 10.2. The molecule has 0 aromatic heterocycles. The van der Waals surface area contributed by atoms with Crippen LogP contribution in [0.2, 0.25) is 0 Å². The van der Waals surface area contributed by atoms with Gasteiger partial charge in [-0.1, -0.05) is 19.9 Å². The monoisotopic (exact) mass is 239 g/mol. The molecule has 94 valence electrons. The first kappa shape index (κ1) is 13.5. The van der Waals surface area contributed by atoms with Crippen molar-refractivity contribution < 1.29 is 13.9 Å². The van der Waals surface area contributed by atoms with E-state index >= 15 is 0 Å². The van der Waals surface area contributed by atoms with E-state index in [1.807, 2.05) is 6.92 Å². The van der Waals surface area contributed by atoms with Crippen LogP contribution in [0.3, 0.4) is 0 Å². The van der Waals surface area contributed by atoms with Crippen molar-refractivity contribution in [1.82, 2.24) is 5.32 Å². The molecule has 0 bridgehead atoms. The van der Waals surface area contributed by atoms with Gasteiger partial charge in [0.05, 0.1) is 6.54 Å². The van der Waals surface area contributed by atoms with Gasteiger partial charge >= 0.3 is 0 Å². The minimum atomic E-state index is -0.324. The Kier molecular flexibility index (Phi) is 5.46. The fraction of sp³-hybridized carbons (Fsp3) is 0.462. The Morgan fingerprint density at radius 2 is 2.24 bits per heavy atom. The molecule has 0 radical (unpaired) electrons. The van der Waals surface area contributed by atoms with Crippen LogP contribution in [-0.2, 0) is 4.79 Å². The summed E-state index contributed by atoms with van der Waals surface area (Å²) in [7, 11) is 0. The van der Waals surface area contributed by atoms with E-state index in [-0.39, 0.29) is 17.8 Å². The Morgan fingerprint density at radius 1 is 1.47 bits per heavy atom. The number of benzene rings is 1. The third-order valence-electron chi connectivity index (χ3n) is 2.40. The van der Waals surface area contributed by atoms with Gasteiger partial charge in [-0.15, -0.1) is 0 Å². The van der Waals surface area contributed by atoms with E-state index in [0.29, 0.717) is 18.7 Å². The molecule has 1 atom stereocenters. The Hall–Kier alpha value is -1.58. The van der Waals surface area contributed by atoms with Crippen molar-refractivity contribution >= 4 is 5.91 Å². The maximum atomic E-state index is 12.9. The van der Waals surface area contributed by atoms with Crippen molar-refractivity contribution in [1.29, 1.82) is 0 Å². The van der Waals surface area contributed by atoms with Crippen LogP contribution in [0.5, 0.6) is 5.75 Å². The molecule has 4 heteroatoms. The molecule has 0 heterocycles. The van der Waals surface area contributed by atoms with Gasteiger partial charge in [-0.05, 0) is 18.6 Å². The lowest BCUT2D eigenvalue weighted by Crippen LogP contribution is -2.34. The summed E-state index contributed by atoms with van der Waals surface area (Å²) in [6, 6.07) is 6.01. The summed E-state index contributed by atoms with van der Waals surface area (Å²) in [6.07, 6.45) is 1.07. The zero-order chi connectivity index (χ0) is 12.7. The molecule has 1 amide bonds. The summed E-state index contributed by atoms with van der Waals surface area (Å²) in [5, 5.41) is 2.76. The average Bonchev–Trinajstić information content (AvgIpc) is 2.34. The van der Waals surface area contributed by atoms with Gasteiger partial charge in [-0.25, -0.2) is 4.39 Å². The van der Waals surface area contributed by atoms with Crippen LogP contribution in [0.25, 0.3) is 0 Å². The molecule has 0 saturated heterocycles. The third kappa shape index (κ3) is 4.85. The molecule has 1 N–H and O–H groups in total. The largest absolute Gasteiger partial charge is 0.489 e. The topological polar surface area (TPSA) is 38.3 Å². The highest BCUT2D eigenvalue weighted by atomic mass is 19.1. The van der Waals surface area contributed by atoms with Crippen molar-refractivity contribution in [2.75, 3.05) is 6.54 Å². The number of hydrogen-bond donors (Lipinski definition) is 1. The van der Waals surface area contributed by atoms with E-state index in [0.717, 1.165) is 6.42 Å². The van der Waals surface area contributed by atoms with Crippen LogP contribution >= 0.6 is 0 Å². The molecule has 0 aliphatic heterocycles. The molecule has 1 unspecified atom stereocenters. The molecule has 0 aliphatic rings. The lowest BCUT2D eigenvalue weighted by atomic mass is 10.2. The number of carbonyl (C=O) groups is 1. The summed E-state index contributed by atoms with van der Waals surface area (Å²) in [5.41, 5.74) is 0. The van der Waals surface area contributed by atoms with Crippen LogP contribution in [0.1, 0.15) is 26.7 Å². The molecule has 0 aliphatic carbocycles. The first-order valence-electron chi connectivity index (χ1n) is 5.84. The number of carbonyl (C=O) groups excluding carboxylic acids is 1. The second kappa shape index (κ2) is 6.89. The minimum Gasteiger partial charge on any atom is -0.489 e. The van der Waals surface area contributed by atoms with Crippen molar-refractivity contribution in [3.05, 3.63) is 30.1 Å². The van der Waals surface area contributed by atoms with E-state index in [2.05, 4.69) is 5.32 Å². The summed E-state index contributed by atoms with van der Waals surface area (Å²) in [5.74, 6) is 0.156. The first-order chi connectivity index (χ1) is 8.15. The molecule has 1 rings (SSSR count). The summed E-state index contributed by atoms with van der Waals surface area (Å²) in [4.78, 5) is 11.1. The fourth-order valence-corrected chi connectivity index (χ4v) is 1.35. The first-order valence-corrected chi connectivity index (χ1v) is 5.84.